The van der Waals surface area contributed by atoms with Gasteiger partial charge in [0.05, 0.1) is 0 Å². The molecule has 4 aromatic carbocycles. The summed E-state index contributed by atoms with van der Waals surface area (Å²) >= 11 is 0. The summed E-state index contributed by atoms with van der Waals surface area (Å²) in [6, 6.07) is 29.3. The minimum absolute atomic E-state index is 0. The van der Waals surface area contributed by atoms with Gasteiger partial charge in [0.15, 0.2) is 0 Å². The molecule has 0 aromatic heterocycles. The summed E-state index contributed by atoms with van der Waals surface area (Å²) in [6.07, 6.45) is 0. The van der Waals surface area contributed by atoms with Gasteiger partial charge in [-0.25, -0.2) is 0 Å². The molecule has 0 bridgehead atoms. The van der Waals surface area contributed by atoms with Crippen molar-refractivity contribution in [2.45, 2.75) is 0 Å². The molecule has 0 aliphatic carbocycles. The number of benzene rings is 2. The molecule has 0 aliphatic rings. The van der Waals surface area contributed by atoms with Crippen LogP contribution in [0.5, 0.6) is 0 Å². The van der Waals surface area contributed by atoms with Crippen LogP contribution in [0.1, 0.15) is 1.43 Å². The van der Waals surface area contributed by atoms with Gasteiger partial charge in [-0.05, 0) is 0 Å². The van der Waals surface area contributed by atoms with Crippen molar-refractivity contribution in [1.82, 2.24) is 0 Å². The van der Waals surface area contributed by atoms with E-state index in [1.807, 2.05) is 0 Å². The van der Waals surface area contributed by atoms with E-state index in [1.165, 1.54) is 21.5 Å². The molecule has 0 saturated heterocycles. The molecule has 0 saturated carbocycles. The van der Waals surface area contributed by atoms with E-state index >= 15 is 0 Å². The molecule has 98 valence electrons. The Morgan fingerprint density at radius 1 is 0.600 bits per heavy atom. The number of rotatable bonds is 0. The minimum atomic E-state index is 0. The van der Waals surface area contributed by atoms with Gasteiger partial charge >= 0.3 is 25.8 Å². The largest absolute Gasteiger partial charge is 4.00 e. The van der Waals surface area contributed by atoms with Crippen LogP contribution in [-0.2, 0) is 25.8 Å². The van der Waals surface area contributed by atoms with E-state index in [-0.39, 0.29) is 39.7 Å². The summed E-state index contributed by atoms with van der Waals surface area (Å²) in [7, 11) is 0. The maximum absolute atomic E-state index is 2.12. The molecule has 4 rings (SSSR count). The second-order valence-electron chi connectivity index (χ2n) is 4.31. The Kier molecular flexibility index (Phi) is 6.90. The van der Waals surface area contributed by atoms with E-state index in [4.69, 9.17) is 0 Å². The van der Waals surface area contributed by atoms with Gasteiger partial charge in [0.25, 0.3) is 0 Å². The van der Waals surface area contributed by atoms with Gasteiger partial charge in [-0.15, -0.1) is 59.3 Å². The Hall–Kier alpha value is -1.18. The topological polar surface area (TPSA) is 0 Å². The van der Waals surface area contributed by atoms with Crippen LogP contribution in [0.2, 0.25) is 0 Å². The first-order valence-electron chi connectivity index (χ1n) is 6.14. The molecule has 0 spiro atoms. The quantitative estimate of drug-likeness (QED) is 0.288. The van der Waals surface area contributed by atoms with Crippen molar-refractivity contribution < 1.29 is 39.7 Å². The predicted octanol–water partition coefficient (Wildman–Crippen LogP) is 2.23. The molecule has 0 aliphatic heterocycles. The smallest absolute Gasteiger partial charge is 1.00 e. The fourth-order valence-corrected chi connectivity index (χ4v) is 2.14. The first-order valence-corrected chi connectivity index (χ1v) is 6.14. The second kappa shape index (κ2) is 8.18. The number of hydrogen-bond acceptors (Lipinski definition) is 0. The standard InChI is InChI=1S/2C9H7.ClH.Hf.H/c2*1-2-5-9-7-3-6-8(9)4-1;;;/h2*1-7H;1H;;/q2*-1;;+4;-1/p-1. The third-order valence-corrected chi connectivity index (χ3v) is 3.10. The van der Waals surface area contributed by atoms with Crippen LogP contribution in [0.25, 0.3) is 21.5 Å². The van der Waals surface area contributed by atoms with Gasteiger partial charge < -0.3 is 13.8 Å². The zero-order valence-corrected chi connectivity index (χ0v) is 15.3. The van der Waals surface area contributed by atoms with Gasteiger partial charge in [0, 0.05) is 0 Å². The van der Waals surface area contributed by atoms with E-state index < -0.39 is 0 Å². The van der Waals surface area contributed by atoms with Crippen molar-refractivity contribution in [3.63, 3.8) is 0 Å². The van der Waals surface area contributed by atoms with E-state index in [0.717, 1.165) is 0 Å². The molecular formula is C18H15ClHf. The summed E-state index contributed by atoms with van der Waals surface area (Å²) < 4.78 is 0. The molecule has 0 heterocycles. The van der Waals surface area contributed by atoms with Crippen molar-refractivity contribution in [1.29, 1.82) is 0 Å². The van der Waals surface area contributed by atoms with E-state index in [2.05, 4.69) is 84.9 Å². The van der Waals surface area contributed by atoms with Gasteiger partial charge in [-0.1, -0.05) is 12.1 Å². The third kappa shape index (κ3) is 3.91. The molecule has 0 atom stereocenters. The Balaban J connectivity index is 0.000000333. The summed E-state index contributed by atoms with van der Waals surface area (Å²) in [5.74, 6) is 0. The zero-order chi connectivity index (χ0) is 12.2. The van der Waals surface area contributed by atoms with Crippen LogP contribution >= 0.6 is 0 Å². The Morgan fingerprint density at radius 3 is 1.40 bits per heavy atom. The van der Waals surface area contributed by atoms with Crippen molar-refractivity contribution in [3.8, 4) is 0 Å². The molecule has 20 heavy (non-hydrogen) atoms. The van der Waals surface area contributed by atoms with Gasteiger partial charge in [0.2, 0.25) is 0 Å². The Labute approximate surface area is 145 Å². The maximum Gasteiger partial charge on any atom is 4.00 e. The predicted molar refractivity (Wildman–Crippen MR) is 80.2 cm³/mol. The molecule has 0 unspecified atom stereocenters. The molecule has 0 radical (unpaired) electrons. The maximum atomic E-state index is 2.12. The fraction of sp³-hybridized carbons (Fsp3) is 0. The normalized spacial score (nSPS) is 9.20. The second-order valence-corrected chi connectivity index (χ2v) is 4.31. The molecular weight excluding hydrogens is 430 g/mol. The monoisotopic (exact) mass is 446 g/mol. The van der Waals surface area contributed by atoms with Crippen LogP contribution in [-0.4, -0.2) is 0 Å². The number of fused-ring (bicyclic) bond motifs is 2. The van der Waals surface area contributed by atoms with Crippen molar-refractivity contribution in [2.75, 3.05) is 0 Å². The number of halogens is 1. The molecule has 0 fully saturated rings. The Bertz CT molecular complexity index is 631. The molecule has 0 nitrogen and oxygen atoms in total. The summed E-state index contributed by atoms with van der Waals surface area (Å²) in [5.41, 5.74) is 0. The Morgan fingerprint density at radius 2 is 1.00 bits per heavy atom. The summed E-state index contributed by atoms with van der Waals surface area (Å²) in [6.45, 7) is 0. The average Bonchev–Trinajstić information content (AvgIpc) is 3.08. The number of hydrogen-bond donors (Lipinski definition) is 0. The van der Waals surface area contributed by atoms with E-state index in [1.54, 1.807) is 0 Å². The van der Waals surface area contributed by atoms with Crippen LogP contribution in [0.15, 0.2) is 84.9 Å². The van der Waals surface area contributed by atoms with E-state index in [9.17, 15) is 0 Å². The minimum Gasteiger partial charge on any atom is -1.00 e. The SMILES string of the molecule is [Cl-].[H-].[Hf+4].c1ccc2[cH-]ccc2c1.c1ccc2[cH-]ccc2c1. The molecule has 0 N–H and O–H groups in total. The average molecular weight is 445 g/mol. The van der Waals surface area contributed by atoms with Crippen LogP contribution in [0, 0.1) is 0 Å². The molecule has 0 amide bonds. The first kappa shape index (κ1) is 16.9. The molecule has 4 aromatic rings. The fourth-order valence-electron chi connectivity index (χ4n) is 2.14. The van der Waals surface area contributed by atoms with Gasteiger partial charge in [-0.3, -0.25) is 0 Å². The summed E-state index contributed by atoms with van der Waals surface area (Å²) in [5, 5.41) is 5.32. The van der Waals surface area contributed by atoms with Crippen LogP contribution < -0.4 is 12.4 Å². The van der Waals surface area contributed by atoms with E-state index in [0.29, 0.717) is 0 Å². The summed E-state index contributed by atoms with van der Waals surface area (Å²) in [4.78, 5) is 0. The zero-order valence-electron chi connectivity index (χ0n) is 12.0. The van der Waals surface area contributed by atoms with Crippen molar-refractivity contribution in [3.05, 3.63) is 84.9 Å². The van der Waals surface area contributed by atoms with Crippen molar-refractivity contribution in [2.24, 2.45) is 0 Å². The third-order valence-electron chi connectivity index (χ3n) is 3.10. The van der Waals surface area contributed by atoms with Gasteiger partial charge in [0.1, 0.15) is 0 Å². The molecule has 2 heteroatoms. The van der Waals surface area contributed by atoms with Crippen LogP contribution in [0.4, 0.5) is 0 Å². The van der Waals surface area contributed by atoms with Crippen LogP contribution in [0.3, 0.4) is 0 Å². The van der Waals surface area contributed by atoms with Crippen molar-refractivity contribution >= 4 is 21.5 Å². The first-order chi connectivity index (χ1) is 8.93. The van der Waals surface area contributed by atoms with Gasteiger partial charge in [-0.2, -0.15) is 35.0 Å².